The predicted octanol–water partition coefficient (Wildman–Crippen LogP) is 3.45. The number of halogens is 1. The quantitative estimate of drug-likeness (QED) is 0.740. The van der Waals surface area contributed by atoms with Crippen molar-refractivity contribution in [3.63, 3.8) is 0 Å². The number of hydrogen-bond acceptors (Lipinski definition) is 1. The monoisotopic (exact) mass is 221 g/mol. The maximum Gasteiger partial charge on any atom is 0.0406 e. The molecule has 0 spiro atoms. The molecule has 0 saturated heterocycles. The highest BCUT2D eigenvalue weighted by Crippen LogP contribution is 2.23. The highest BCUT2D eigenvalue weighted by atomic mass is 35.5. The van der Waals surface area contributed by atoms with Crippen molar-refractivity contribution >= 4 is 17.2 Å². The van der Waals surface area contributed by atoms with E-state index in [-0.39, 0.29) is 0 Å². The fourth-order valence-corrected chi connectivity index (χ4v) is 2.05. The summed E-state index contributed by atoms with van der Waals surface area (Å²) in [6, 6.07) is 8.14. The molecule has 2 heteroatoms. The predicted molar refractivity (Wildman–Crippen MR) is 66.2 cm³/mol. The van der Waals surface area contributed by atoms with Crippen LogP contribution in [0.5, 0.6) is 0 Å². The van der Waals surface area contributed by atoms with Crippen LogP contribution < -0.4 is 0 Å². The SMILES string of the molecule is CCN1CC=C(c2ccc(Cl)cc2)CC1. The summed E-state index contributed by atoms with van der Waals surface area (Å²) in [5, 5.41) is 0.811. The van der Waals surface area contributed by atoms with E-state index in [1.807, 2.05) is 12.1 Å². The number of hydrogen-bond donors (Lipinski definition) is 0. The largest absolute Gasteiger partial charge is 0.300 e. The van der Waals surface area contributed by atoms with Gasteiger partial charge in [0, 0.05) is 18.1 Å². The Hall–Kier alpha value is -0.790. The molecule has 0 radical (unpaired) electrons. The van der Waals surface area contributed by atoms with Gasteiger partial charge < -0.3 is 0 Å². The van der Waals surface area contributed by atoms with Crippen LogP contribution in [0.15, 0.2) is 30.3 Å². The van der Waals surface area contributed by atoms with Crippen LogP contribution in [0.3, 0.4) is 0 Å². The molecular formula is C13H16ClN. The topological polar surface area (TPSA) is 3.24 Å². The minimum Gasteiger partial charge on any atom is -0.300 e. The number of rotatable bonds is 2. The first-order chi connectivity index (χ1) is 7.29. The lowest BCUT2D eigenvalue weighted by molar-refractivity contribution is 0.319. The van der Waals surface area contributed by atoms with Gasteiger partial charge in [-0.05, 0) is 36.2 Å². The molecule has 2 rings (SSSR count). The van der Waals surface area contributed by atoms with E-state index in [2.05, 4.69) is 30.0 Å². The van der Waals surface area contributed by atoms with Crippen molar-refractivity contribution in [1.29, 1.82) is 0 Å². The van der Waals surface area contributed by atoms with Crippen molar-refractivity contribution in [2.24, 2.45) is 0 Å². The van der Waals surface area contributed by atoms with Crippen LogP contribution in [0.4, 0.5) is 0 Å². The van der Waals surface area contributed by atoms with Gasteiger partial charge in [0.1, 0.15) is 0 Å². The summed E-state index contributed by atoms with van der Waals surface area (Å²) in [5.41, 5.74) is 2.77. The van der Waals surface area contributed by atoms with E-state index in [0.29, 0.717) is 0 Å². The van der Waals surface area contributed by atoms with E-state index in [4.69, 9.17) is 11.6 Å². The van der Waals surface area contributed by atoms with Gasteiger partial charge in [0.15, 0.2) is 0 Å². The lowest BCUT2D eigenvalue weighted by Crippen LogP contribution is -2.27. The molecule has 1 aliphatic heterocycles. The van der Waals surface area contributed by atoms with E-state index < -0.39 is 0 Å². The van der Waals surface area contributed by atoms with Crippen molar-refractivity contribution in [3.8, 4) is 0 Å². The summed E-state index contributed by atoms with van der Waals surface area (Å²) in [4.78, 5) is 2.44. The Labute approximate surface area is 96.4 Å². The Morgan fingerprint density at radius 3 is 2.53 bits per heavy atom. The van der Waals surface area contributed by atoms with E-state index >= 15 is 0 Å². The first-order valence-corrected chi connectivity index (χ1v) is 5.84. The van der Waals surface area contributed by atoms with Crippen LogP contribution in [0, 0.1) is 0 Å². The smallest absolute Gasteiger partial charge is 0.0406 e. The van der Waals surface area contributed by atoms with Crippen LogP contribution >= 0.6 is 11.6 Å². The zero-order valence-electron chi connectivity index (χ0n) is 9.04. The van der Waals surface area contributed by atoms with E-state index in [0.717, 1.165) is 24.5 Å². The third-order valence-corrected chi connectivity index (χ3v) is 3.21. The highest BCUT2D eigenvalue weighted by Gasteiger charge is 2.10. The molecule has 0 aromatic heterocycles. The molecule has 0 atom stereocenters. The van der Waals surface area contributed by atoms with Gasteiger partial charge in [-0.15, -0.1) is 0 Å². The summed E-state index contributed by atoms with van der Waals surface area (Å²) in [6.45, 7) is 5.60. The first kappa shape index (κ1) is 10.7. The molecule has 1 aliphatic rings. The molecule has 1 heterocycles. The second-order valence-electron chi connectivity index (χ2n) is 3.88. The van der Waals surface area contributed by atoms with Crippen LogP contribution in [0.25, 0.3) is 5.57 Å². The van der Waals surface area contributed by atoms with E-state index in [1.165, 1.54) is 17.7 Å². The lowest BCUT2D eigenvalue weighted by Gasteiger charge is -2.24. The molecule has 80 valence electrons. The van der Waals surface area contributed by atoms with Crippen molar-refractivity contribution in [1.82, 2.24) is 4.90 Å². The van der Waals surface area contributed by atoms with Gasteiger partial charge in [-0.1, -0.05) is 36.7 Å². The number of benzene rings is 1. The standard InChI is InChI=1S/C13H16ClN/c1-2-15-9-7-12(8-10-15)11-3-5-13(14)6-4-11/h3-7H,2,8-10H2,1H3. The molecule has 15 heavy (non-hydrogen) atoms. The van der Waals surface area contributed by atoms with Crippen LogP contribution in [-0.2, 0) is 0 Å². The molecule has 0 bridgehead atoms. The molecule has 0 fully saturated rings. The number of nitrogens with zero attached hydrogens (tertiary/aromatic N) is 1. The van der Waals surface area contributed by atoms with E-state index in [1.54, 1.807) is 0 Å². The average molecular weight is 222 g/mol. The second-order valence-corrected chi connectivity index (χ2v) is 4.32. The zero-order valence-corrected chi connectivity index (χ0v) is 9.80. The van der Waals surface area contributed by atoms with Gasteiger partial charge in [-0.2, -0.15) is 0 Å². The summed E-state index contributed by atoms with van der Waals surface area (Å²) in [7, 11) is 0. The summed E-state index contributed by atoms with van der Waals surface area (Å²) in [5.74, 6) is 0. The van der Waals surface area contributed by atoms with E-state index in [9.17, 15) is 0 Å². The third-order valence-electron chi connectivity index (χ3n) is 2.96. The van der Waals surface area contributed by atoms with Crippen molar-refractivity contribution < 1.29 is 0 Å². The molecule has 1 aromatic carbocycles. The molecule has 0 saturated carbocycles. The van der Waals surface area contributed by atoms with Gasteiger partial charge in [-0.3, -0.25) is 4.90 Å². The van der Waals surface area contributed by atoms with Gasteiger partial charge >= 0.3 is 0 Å². The van der Waals surface area contributed by atoms with Crippen LogP contribution in [0.1, 0.15) is 18.9 Å². The molecular weight excluding hydrogens is 206 g/mol. The second kappa shape index (κ2) is 4.82. The Kier molecular flexibility index (Phi) is 3.45. The summed E-state index contributed by atoms with van der Waals surface area (Å²) >= 11 is 5.87. The van der Waals surface area contributed by atoms with Crippen LogP contribution in [0.2, 0.25) is 5.02 Å². The Bertz CT molecular complexity index is 353. The Balaban J connectivity index is 2.12. The normalized spacial score (nSPS) is 17.6. The van der Waals surface area contributed by atoms with Crippen molar-refractivity contribution in [2.45, 2.75) is 13.3 Å². The summed E-state index contributed by atoms with van der Waals surface area (Å²) in [6.07, 6.45) is 3.48. The summed E-state index contributed by atoms with van der Waals surface area (Å²) < 4.78 is 0. The first-order valence-electron chi connectivity index (χ1n) is 5.47. The Morgan fingerprint density at radius 2 is 2.00 bits per heavy atom. The minimum atomic E-state index is 0.811. The lowest BCUT2D eigenvalue weighted by atomic mass is 10.00. The molecule has 0 unspecified atom stereocenters. The molecule has 0 amide bonds. The van der Waals surface area contributed by atoms with Crippen molar-refractivity contribution in [2.75, 3.05) is 19.6 Å². The molecule has 0 aliphatic carbocycles. The molecule has 1 nitrogen and oxygen atoms in total. The molecule has 1 aromatic rings. The molecule has 0 N–H and O–H groups in total. The maximum atomic E-state index is 5.87. The van der Waals surface area contributed by atoms with Gasteiger partial charge in [-0.25, -0.2) is 0 Å². The maximum absolute atomic E-state index is 5.87. The van der Waals surface area contributed by atoms with Gasteiger partial charge in [0.2, 0.25) is 0 Å². The average Bonchev–Trinajstić information content (AvgIpc) is 2.30. The zero-order chi connectivity index (χ0) is 10.7. The minimum absolute atomic E-state index is 0.811. The Morgan fingerprint density at radius 1 is 1.27 bits per heavy atom. The highest BCUT2D eigenvalue weighted by molar-refractivity contribution is 6.30. The van der Waals surface area contributed by atoms with Crippen LogP contribution in [-0.4, -0.2) is 24.5 Å². The van der Waals surface area contributed by atoms with Gasteiger partial charge in [0.05, 0.1) is 0 Å². The fourth-order valence-electron chi connectivity index (χ4n) is 1.92. The van der Waals surface area contributed by atoms with Gasteiger partial charge in [0.25, 0.3) is 0 Å². The fraction of sp³-hybridized carbons (Fsp3) is 0.385. The number of likely N-dealkylation sites (N-methyl/N-ethyl adjacent to an activating group) is 1. The third kappa shape index (κ3) is 2.61. The van der Waals surface area contributed by atoms with Crippen molar-refractivity contribution in [3.05, 3.63) is 40.9 Å².